The van der Waals surface area contributed by atoms with Crippen molar-refractivity contribution in [1.29, 1.82) is 0 Å². The number of rotatable bonds is 6. The van der Waals surface area contributed by atoms with Crippen LogP contribution < -0.4 is 14.2 Å². The Bertz CT molecular complexity index is 888. The highest BCUT2D eigenvalue weighted by Gasteiger charge is 2.19. The van der Waals surface area contributed by atoms with Gasteiger partial charge in [-0.15, -0.1) is 0 Å². The molecule has 0 saturated carbocycles. The number of fused-ring (bicyclic) bond motifs is 1. The second-order valence-electron chi connectivity index (χ2n) is 5.74. The van der Waals surface area contributed by atoms with Gasteiger partial charge in [0.05, 0.1) is 12.1 Å². The second kappa shape index (κ2) is 8.14. The third kappa shape index (κ3) is 4.41. The minimum absolute atomic E-state index is 0.106. The molecule has 0 N–H and O–H groups in total. The van der Waals surface area contributed by atoms with Crippen molar-refractivity contribution in [3.63, 3.8) is 0 Å². The van der Waals surface area contributed by atoms with Crippen molar-refractivity contribution in [3.05, 3.63) is 58.6 Å². The molecule has 0 spiro atoms. The number of benzene rings is 2. The molecule has 0 aliphatic carbocycles. The summed E-state index contributed by atoms with van der Waals surface area (Å²) < 4.78 is 20.7. The van der Waals surface area contributed by atoms with Crippen molar-refractivity contribution in [2.75, 3.05) is 13.9 Å². The molecule has 0 amide bonds. The zero-order chi connectivity index (χ0) is 19.4. The molecule has 1 aliphatic rings. The molecule has 2 aromatic carbocycles. The van der Waals surface area contributed by atoms with Gasteiger partial charge in [-0.2, -0.15) is 0 Å². The fraction of sp³-hybridized carbons (Fsp3) is 0.200. The largest absolute Gasteiger partial charge is 0.497 e. The number of carbonyl (C=O) groups is 2. The van der Waals surface area contributed by atoms with Gasteiger partial charge in [0, 0.05) is 11.6 Å². The van der Waals surface area contributed by atoms with Crippen molar-refractivity contribution >= 4 is 29.4 Å². The van der Waals surface area contributed by atoms with Gasteiger partial charge in [0.25, 0.3) is 0 Å². The first-order chi connectivity index (χ1) is 13.0. The topological polar surface area (TPSA) is 71.1 Å². The van der Waals surface area contributed by atoms with Crippen LogP contribution in [0.25, 0.3) is 6.08 Å². The highest BCUT2D eigenvalue weighted by molar-refractivity contribution is 6.32. The number of carbonyl (C=O) groups excluding carboxylic acids is 2. The number of hydrogen-bond acceptors (Lipinski definition) is 6. The van der Waals surface area contributed by atoms with Gasteiger partial charge >= 0.3 is 5.97 Å². The maximum absolute atomic E-state index is 12.3. The predicted molar refractivity (Wildman–Crippen MR) is 99.5 cm³/mol. The summed E-state index contributed by atoms with van der Waals surface area (Å²) in [4.78, 5) is 24.3. The van der Waals surface area contributed by atoms with Gasteiger partial charge in [0.1, 0.15) is 5.75 Å². The first-order valence-electron chi connectivity index (χ1n) is 8.14. The minimum atomic E-state index is -0.920. The molecule has 1 aliphatic heterocycles. The first-order valence-corrected chi connectivity index (χ1v) is 8.52. The number of ether oxygens (including phenoxy) is 4. The van der Waals surface area contributed by atoms with Crippen LogP contribution in [0.1, 0.15) is 22.8 Å². The number of ketones is 1. The van der Waals surface area contributed by atoms with Crippen molar-refractivity contribution in [2.45, 2.75) is 13.0 Å². The monoisotopic (exact) mass is 388 g/mol. The lowest BCUT2D eigenvalue weighted by molar-refractivity contribution is -0.140. The quantitative estimate of drug-likeness (QED) is 0.424. The third-order valence-corrected chi connectivity index (χ3v) is 4.18. The second-order valence-corrected chi connectivity index (χ2v) is 6.15. The molecule has 3 rings (SSSR count). The first kappa shape index (κ1) is 18.8. The van der Waals surface area contributed by atoms with Crippen molar-refractivity contribution in [1.82, 2.24) is 0 Å². The summed E-state index contributed by atoms with van der Waals surface area (Å²) in [6.07, 6.45) is 1.84. The standard InChI is InChI=1S/C20H17ClO6/c1-12(19(23)14-4-6-15(24-2)7-5-14)27-18(22)8-3-13-9-16(21)20-17(10-13)25-11-26-20/h3-10,12H,11H2,1-2H3/b8-3+/t12-/m0/s1. The predicted octanol–water partition coefficient (Wildman–Crippen LogP) is 3.91. The summed E-state index contributed by atoms with van der Waals surface area (Å²) in [6.45, 7) is 1.63. The van der Waals surface area contributed by atoms with Gasteiger partial charge in [0.15, 0.2) is 17.6 Å². The fourth-order valence-corrected chi connectivity index (χ4v) is 2.78. The van der Waals surface area contributed by atoms with Crippen LogP contribution in [0.4, 0.5) is 0 Å². The van der Waals surface area contributed by atoms with Crippen LogP contribution in [0.5, 0.6) is 17.2 Å². The molecule has 140 valence electrons. The molecule has 6 nitrogen and oxygen atoms in total. The molecule has 0 aromatic heterocycles. The lowest BCUT2D eigenvalue weighted by Crippen LogP contribution is -2.23. The zero-order valence-electron chi connectivity index (χ0n) is 14.7. The minimum Gasteiger partial charge on any atom is -0.497 e. The maximum Gasteiger partial charge on any atom is 0.331 e. The Balaban J connectivity index is 1.62. The average molecular weight is 389 g/mol. The molecular formula is C20H17ClO6. The molecule has 2 aromatic rings. The van der Waals surface area contributed by atoms with E-state index in [0.29, 0.717) is 33.4 Å². The Morgan fingerprint density at radius 2 is 1.93 bits per heavy atom. The van der Waals surface area contributed by atoms with E-state index in [1.54, 1.807) is 43.5 Å². The fourth-order valence-electron chi connectivity index (χ4n) is 2.50. The molecule has 0 unspecified atom stereocenters. The summed E-state index contributed by atoms with van der Waals surface area (Å²) in [5.74, 6) is 0.693. The van der Waals surface area contributed by atoms with E-state index in [9.17, 15) is 9.59 Å². The summed E-state index contributed by atoms with van der Waals surface area (Å²) >= 11 is 6.10. The van der Waals surface area contributed by atoms with Crippen LogP contribution in [0.15, 0.2) is 42.5 Å². The van der Waals surface area contributed by atoms with E-state index in [1.165, 1.54) is 19.1 Å². The summed E-state index contributed by atoms with van der Waals surface area (Å²) in [5, 5.41) is 0.390. The molecule has 0 radical (unpaired) electrons. The number of esters is 1. The summed E-state index contributed by atoms with van der Waals surface area (Å²) in [6, 6.07) is 9.93. The van der Waals surface area contributed by atoms with Crippen LogP contribution in [-0.4, -0.2) is 31.8 Å². The van der Waals surface area contributed by atoms with Gasteiger partial charge in [-0.05, 0) is 55.0 Å². The van der Waals surface area contributed by atoms with Crippen LogP contribution in [-0.2, 0) is 9.53 Å². The smallest absolute Gasteiger partial charge is 0.331 e. The Labute approximate surface area is 161 Å². The highest BCUT2D eigenvalue weighted by Crippen LogP contribution is 2.40. The molecule has 7 heteroatoms. The normalized spacial score (nSPS) is 13.4. The SMILES string of the molecule is COc1ccc(C(=O)[C@H](C)OC(=O)/C=C/c2cc(Cl)c3c(c2)OCO3)cc1. The Morgan fingerprint density at radius 3 is 2.63 bits per heavy atom. The van der Waals surface area contributed by atoms with Gasteiger partial charge in [-0.1, -0.05) is 11.6 Å². The maximum atomic E-state index is 12.3. The third-order valence-electron chi connectivity index (χ3n) is 3.90. The lowest BCUT2D eigenvalue weighted by atomic mass is 10.1. The Hall–Kier alpha value is -2.99. The summed E-state index contributed by atoms with van der Waals surface area (Å²) in [5.41, 5.74) is 1.08. The number of methoxy groups -OCH3 is 1. The van der Waals surface area contributed by atoms with E-state index in [0.717, 1.165) is 0 Å². The molecule has 0 fully saturated rings. The van der Waals surface area contributed by atoms with Crippen LogP contribution in [0.2, 0.25) is 5.02 Å². The van der Waals surface area contributed by atoms with E-state index in [4.69, 9.17) is 30.5 Å². The van der Waals surface area contributed by atoms with Crippen LogP contribution in [0.3, 0.4) is 0 Å². The summed E-state index contributed by atoms with van der Waals surface area (Å²) in [7, 11) is 1.54. The zero-order valence-corrected chi connectivity index (χ0v) is 15.5. The Kier molecular flexibility index (Phi) is 5.66. The highest BCUT2D eigenvalue weighted by atomic mass is 35.5. The number of Topliss-reactive ketones (excluding diaryl/α,β-unsaturated/α-hetero) is 1. The number of hydrogen-bond donors (Lipinski definition) is 0. The lowest BCUT2D eigenvalue weighted by Gasteiger charge is -2.11. The van der Waals surface area contributed by atoms with Gasteiger partial charge in [-0.25, -0.2) is 4.79 Å². The van der Waals surface area contributed by atoms with Gasteiger partial charge in [-0.3, -0.25) is 4.79 Å². The van der Waals surface area contributed by atoms with E-state index in [-0.39, 0.29) is 12.6 Å². The average Bonchev–Trinajstić information content (AvgIpc) is 3.15. The van der Waals surface area contributed by atoms with Gasteiger partial charge < -0.3 is 18.9 Å². The molecular weight excluding hydrogens is 372 g/mol. The molecule has 1 atom stereocenters. The van der Waals surface area contributed by atoms with Crippen molar-refractivity contribution in [3.8, 4) is 17.2 Å². The number of halogens is 1. The van der Waals surface area contributed by atoms with Crippen LogP contribution >= 0.6 is 11.6 Å². The van der Waals surface area contributed by atoms with Gasteiger partial charge in [0.2, 0.25) is 12.6 Å². The van der Waals surface area contributed by atoms with E-state index in [1.807, 2.05) is 0 Å². The van der Waals surface area contributed by atoms with Crippen LogP contribution in [0, 0.1) is 0 Å². The van der Waals surface area contributed by atoms with Crippen molar-refractivity contribution in [2.24, 2.45) is 0 Å². The molecule has 1 heterocycles. The van der Waals surface area contributed by atoms with E-state index >= 15 is 0 Å². The molecule has 27 heavy (non-hydrogen) atoms. The molecule has 0 bridgehead atoms. The molecule has 0 saturated heterocycles. The van der Waals surface area contributed by atoms with Crippen molar-refractivity contribution < 1.29 is 28.5 Å². The van der Waals surface area contributed by atoms with E-state index < -0.39 is 12.1 Å². The Morgan fingerprint density at radius 1 is 1.19 bits per heavy atom. The van der Waals surface area contributed by atoms with E-state index in [2.05, 4.69) is 0 Å².